The molecule has 1 aliphatic carbocycles. The topological polar surface area (TPSA) is 25.6 Å². The van der Waals surface area contributed by atoms with Gasteiger partial charge in [-0.3, -0.25) is 4.90 Å². The molecule has 4 aliphatic rings. The van der Waals surface area contributed by atoms with Crippen LogP contribution in [0.5, 0.6) is 5.75 Å². The van der Waals surface area contributed by atoms with Crippen LogP contribution in [-0.4, -0.2) is 31.1 Å². The number of nitrogens with zero attached hydrogens (tertiary/aromatic N) is 1. The second-order valence-corrected chi connectivity index (χ2v) is 7.78. The quantitative estimate of drug-likeness (QED) is 0.819. The van der Waals surface area contributed by atoms with Crippen molar-refractivity contribution in [1.82, 2.24) is 4.90 Å². The third-order valence-corrected chi connectivity index (χ3v) is 6.64. The third kappa shape index (κ3) is 1.92. The SMILES string of the molecule is CCC1CC2CC3c4oc5cc(F)c(OC)cc5c4CCN(C2)C13. The Kier molecular flexibility index (Phi) is 3.21. The Morgan fingerprint density at radius 2 is 2.21 bits per heavy atom. The fraction of sp³-hybridized carbons (Fsp3) is 0.600. The summed E-state index contributed by atoms with van der Waals surface area (Å²) in [7, 11) is 1.52. The van der Waals surface area contributed by atoms with Gasteiger partial charge in [-0.2, -0.15) is 0 Å². The zero-order valence-corrected chi connectivity index (χ0v) is 14.3. The van der Waals surface area contributed by atoms with Crippen molar-refractivity contribution >= 4 is 11.0 Å². The molecule has 6 rings (SSSR count). The Morgan fingerprint density at radius 1 is 1.33 bits per heavy atom. The van der Waals surface area contributed by atoms with E-state index in [1.165, 1.54) is 44.5 Å². The van der Waals surface area contributed by atoms with Gasteiger partial charge in [0, 0.05) is 42.1 Å². The van der Waals surface area contributed by atoms with Crippen LogP contribution in [0.1, 0.15) is 43.4 Å². The molecule has 3 nitrogen and oxygen atoms in total. The minimum Gasteiger partial charge on any atom is -0.494 e. The molecule has 3 fully saturated rings. The molecule has 4 heteroatoms. The van der Waals surface area contributed by atoms with Crippen LogP contribution < -0.4 is 4.74 Å². The average molecular weight is 329 g/mol. The van der Waals surface area contributed by atoms with Gasteiger partial charge in [0.2, 0.25) is 0 Å². The number of hydrogen-bond donors (Lipinski definition) is 0. The van der Waals surface area contributed by atoms with E-state index in [4.69, 9.17) is 9.15 Å². The normalized spacial score (nSPS) is 34.2. The molecule has 24 heavy (non-hydrogen) atoms. The van der Waals surface area contributed by atoms with Crippen LogP contribution in [0.2, 0.25) is 0 Å². The predicted octanol–water partition coefficient (Wildman–Crippen LogP) is 4.34. The number of benzene rings is 1. The number of ether oxygens (including phenoxy) is 1. The van der Waals surface area contributed by atoms with Gasteiger partial charge in [0.25, 0.3) is 0 Å². The standard InChI is InChI=1S/C20H24FNO2/c1-3-12-6-11-7-15-19(12)22(10-11)5-4-13-14-8-18(23-2)16(21)9-17(14)24-20(13)15/h8-9,11-12,15,19H,3-7,10H2,1-2H3. The smallest absolute Gasteiger partial charge is 0.168 e. The molecule has 2 saturated heterocycles. The van der Waals surface area contributed by atoms with E-state index in [0.29, 0.717) is 23.3 Å². The van der Waals surface area contributed by atoms with Gasteiger partial charge in [-0.15, -0.1) is 0 Å². The summed E-state index contributed by atoms with van der Waals surface area (Å²) in [6.45, 7) is 4.66. The van der Waals surface area contributed by atoms with Crippen molar-refractivity contribution in [3.05, 3.63) is 29.3 Å². The molecular weight excluding hydrogens is 305 g/mol. The number of hydrogen-bond acceptors (Lipinski definition) is 3. The third-order valence-electron chi connectivity index (χ3n) is 6.64. The summed E-state index contributed by atoms with van der Waals surface area (Å²) >= 11 is 0. The highest BCUT2D eigenvalue weighted by Gasteiger charge is 2.49. The van der Waals surface area contributed by atoms with E-state index in [9.17, 15) is 4.39 Å². The van der Waals surface area contributed by atoms with Gasteiger partial charge < -0.3 is 9.15 Å². The van der Waals surface area contributed by atoms with Crippen molar-refractivity contribution in [3.8, 4) is 5.75 Å². The van der Waals surface area contributed by atoms with Crippen LogP contribution in [-0.2, 0) is 6.42 Å². The van der Waals surface area contributed by atoms with Crippen molar-refractivity contribution in [3.63, 3.8) is 0 Å². The molecule has 0 amide bonds. The summed E-state index contributed by atoms with van der Waals surface area (Å²) in [5.74, 6) is 3.14. The molecule has 0 N–H and O–H groups in total. The summed E-state index contributed by atoms with van der Waals surface area (Å²) in [4.78, 5) is 2.71. The lowest BCUT2D eigenvalue weighted by molar-refractivity contribution is -0.0169. The molecule has 5 atom stereocenters. The van der Waals surface area contributed by atoms with Crippen LogP contribution in [0.15, 0.2) is 16.5 Å². The van der Waals surface area contributed by atoms with E-state index in [0.717, 1.165) is 35.9 Å². The van der Waals surface area contributed by atoms with E-state index < -0.39 is 0 Å². The minimum atomic E-state index is -0.341. The molecule has 3 aliphatic heterocycles. The van der Waals surface area contributed by atoms with E-state index in [-0.39, 0.29) is 5.82 Å². The number of furan rings is 1. The van der Waals surface area contributed by atoms with Crippen molar-refractivity contribution in [2.24, 2.45) is 11.8 Å². The van der Waals surface area contributed by atoms with Crippen molar-refractivity contribution in [2.45, 2.75) is 44.6 Å². The summed E-state index contributed by atoms with van der Waals surface area (Å²) in [5.41, 5.74) is 1.97. The average Bonchev–Trinajstić information content (AvgIpc) is 2.90. The molecule has 1 saturated carbocycles. The first-order valence-corrected chi connectivity index (χ1v) is 9.22. The minimum absolute atomic E-state index is 0.312. The molecule has 0 radical (unpaired) electrons. The molecule has 5 unspecified atom stereocenters. The molecule has 4 bridgehead atoms. The lowest BCUT2D eigenvalue weighted by atomic mass is 9.65. The highest BCUT2D eigenvalue weighted by molar-refractivity contribution is 5.84. The van der Waals surface area contributed by atoms with Gasteiger partial charge in [0.1, 0.15) is 11.3 Å². The highest BCUT2D eigenvalue weighted by Crippen LogP contribution is 2.52. The number of halogens is 1. The second kappa shape index (κ2) is 5.22. The molecule has 0 spiro atoms. The largest absolute Gasteiger partial charge is 0.494 e. The Labute approximate surface area is 141 Å². The van der Waals surface area contributed by atoms with E-state index in [1.54, 1.807) is 0 Å². The van der Waals surface area contributed by atoms with Crippen LogP contribution in [0.25, 0.3) is 11.0 Å². The summed E-state index contributed by atoms with van der Waals surface area (Å²) < 4.78 is 25.5. The number of piperidine rings is 2. The summed E-state index contributed by atoms with van der Waals surface area (Å²) in [5, 5.41) is 1.04. The zero-order valence-electron chi connectivity index (χ0n) is 14.3. The maximum absolute atomic E-state index is 14.1. The van der Waals surface area contributed by atoms with Crippen molar-refractivity contribution < 1.29 is 13.5 Å². The van der Waals surface area contributed by atoms with Crippen molar-refractivity contribution in [1.29, 1.82) is 0 Å². The van der Waals surface area contributed by atoms with Crippen LogP contribution in [0.4, 0.5) is 4.39 Å². The lowest BCUT2D eigenvalue weighted by Crippen LogP contribution is -2.56. The van der Waals surface area contributed by atoms with E-state index in [2.05, 4.69) is 11.8 Å². The monoisotopic (exact) mass is 329 g/mol. The van der Waals surface area contributed by atoms with Gasteiger partial charge >= 0.3 is 0 Å². The predicted molar refractivity (Wildman–Crippen MR) is 91.0 cm³/mol. The maximum Gasteiger partial charge on any atom is 0.168 e. The first kappa shape index (κ1) is 14.8. The van der Waals surface area contributed by atoms with Gasteiger partial charge in [0.05, 0.1) is 7.11 Å². The van der Waals surface area contributed by atoms with Crippen LogP contribution in [0.3, 0.4) is 0 Å². The lowest BCUT2D eigenvalue weighted by Gasteiger charge is -2.52. The molecule has 4 heterocycles. The van der Waals surface area contributed by atoms with Crippen molar-refractivity contribution in [2.75, 3.05) is 20.2 Å². The van der Waals surface area contributed by atoms with Gasteiger partial charge in [-0.1, -0.05) is 13.3 Å². The fourth-order valence-electron chi connectivity index (χ4n) is 5.69. The fourth-order valence-corrected chi connectivity index (χ4v) is 5.69. The molecule has 2 aromatic rings. The Balaban J connectivity index is 1.68. The molecule has 1 aromatic heterocycles. The maximum atomic E-state index is 14.1. The number of rotatable bonds is 2. The van der Waals surface area contributed by atoms with Gasteiger partial charge in [-0.25, -0.2) is 4.39 Å². The first-order chi connectivity index (χ1) is 11.7. The zero-order chi connectivity index (χ0) is 16.4. The first-order valence-electron chi connectivity index (χ1n) is 9.22. The van der Waals surface area contributed by atoms with Gasteiger partial charge in [0.15, 0.2) is 11.6 Å². The molecular formula is C20H24FNO2. The second-order valence-electron chi connectivity index (χ2n) is 7.78. The van der Waals surface area contributed by atoms with Crippen LogP contribution >= 0.6 is 0 Å². The van der Waals surface area contributed by atoms with E-state index in [1.807, 2.05) is 6.07 Å². The van der Waals surface area contributed by atoms with Crippen LogP contribution in [0, 0.1) is 17.7 Å². The Hall–Kier alpha value is -1.55. The Morgan fingerprint density at radius 3 is 3.00 bits per heavy atom. The van der Waals surface area contributed by atoms with Gasteiger partial charge in [-0.05, 0) is 37.2 Å². The number of methoxy groups -OCH3 is 1. The number of fused-ring (bicyclic) bond motifs is 4. The Bertz CT molecular complexity index is 799. The summed E-state index contributed by atoms with van der Waals surface area (Å²) in [6.07, 6.45) is 4.83. The van der Waals surface area contributed by atoms with E-state index >= 15 is 0 Å². The highest BCUT2D eigenvalue weighted by atomic mass is 19.1. The molecule has 128 valence electrons. The summed E-state index contributed by atoms with van der Waals surface area (Å²) in [6, 6.07) is 3.93. The molecule has 1 aromatic carbocycles.